The molecule has 1 aliphatic heterocycles. The van der Waals surface area contributed by atoms with E-state index in [1.165, 1.54) is 12.6 Å². The average molecular weight is 374 g/mol. The van der Waals surface area contributed by atoms with E-state index in [0.29, 0.717) is 24.3 Å². The molecule has 0 saturated carbocycles. The second-order valence-electron chi connectivity index (χ2n) is 7.00. The third kappa shape index (κ3) is 4.52. The number of carbonyl (C=O) groups is 1. The Labute approximate surface area is 165 Å². The van der Waals surface area contributed by atoms with Crippen LogP contribution in [-0.2, 0) is 0 Å². The van der Waals surface area contributed by atoms with Crippen molar-refractivity contribution in [1.82, 2.24) is 9.88 Å². The molecule has 2 aromatic rings. The van der Waals surface area contributed by atoms with Crippen LogP contribution in [0.15, 0.2) is 48.0 Å². The molecule has 3 rings (SSSR count). The summed E-state index contributed by atoms with van der Waals surface area (Å²) >= 11 is 0. The summed E-state index contributed by atoms with van der Waals surface area (Å²) in [7, 11) is 1.43. The number of piperidine rings is 1. The summed E-state index contributed by atoms with van der Waals surface area (Å²) in [6.45, 7) is 5.05. The Morgan fingerprint density at radius 3 is 2.54 bits per heavy atom. The molecule has 0 radical (unpaired) electrons. The minimum Gasteiger partial charge on any atom is -0.338 e. The van der Waals surface area contributed by atoms with Gasteiger partial charge in [0.05, 0.1) is 0 Å². The molecule has 1 aromatic carbocycles. The van der Waals surface area contributed by atoms with Crippen LogP contribution in [-0.4, -0.2) is 40.7 Å². The van der Waals surface area contributed by atoms with E-state index >= 15 is 0 Å². The lowest BCUT2D eigenvalue weighted by atomic mass is 10.0. The Kier molecular flexibility index (Phi) is 6.00. The van der Waals surface area contributed by atoms with Gasteiger partial charge < -0.3 is 4.90 Å². The van der Waals surface area contributed by atoms with E-state index in [2.05, 4.69) is 16.8 Å². The van der Waals surface area contributed by atoms with Crippen LogP contribution in [0.4, 0.5) is 5.69 Å². The number of para-hydroxylation sites is 1. The maximum atomic E-state index is 12.9. The van der Waals surface area contributed by atoms with Gasteiger partial charge in [0.1, 0.15) is 11.3 Å². The molecule has 0 atom stereocenters. The van der Waals surface area contributed by atoms with Crippen molar-refractivity contribution in [3.05, 3.63) is 75.5 Å². The summed E-state index contributed by atoms with van der Waals surface area (Å²) in [4.78, 5) is 31.0. The summed E-state index contributed by atoms with van der Waals surface area (Å²) < 4.78 is 0.771. The number of rotatable bonds is 2. The molecule has 142 valence electrons. The maximum absolute atomic E-state index is 12.9. The first-order valence-corrected chi connectivity index (χ1v) is 9.38. The number of pyridine rings is 1. The van der Waals surface area contributed by atoms with E-state index in [-0.39, 0.29) is 5.91 Å². The lowest BCUT2D eigenvalue weighted by Gasteiger charge is -2.28. The molecular formula is C23H24N3O2+. The number of nitroso groups, excluding NO2 is 1. The second-order valence-corrected chi connectivity index (χ2v) is 7.00. The van der Waals surface area contributed by atoms with Gasteiger partial charge in [-0.15, -0.1) is 0 Å². The molecule has 1 aromatic heterocycles. The topological polar surface area (TPSA) is 53.3 Å². The lowest BCUT2D eigenvalue weighted by Crippen LogP contribution is -2.36. The molecule has 1 aliphatic rings. The minimum atomic E-state index is -0.0875. The maximum Gasteiger partial charge on any atom is 0.271 e. The lowest BCUT2D eigenvalue weighted by molar-refractivity contribution is -0.429. The number of likely N-dealkylation sites (tertiary alicyclic amines) is 1. The Bertz CT molecular complexity index is 1000. The zero-order valence-corrected chi connectivity index (χ0v) is 16.5. The normalized spacial score (nSPS) is 13.5. The number of carbonyl (C=O) groups excluding carboxylic acids is 1. The van der Waals surface area contributed by atoms with Gasteiger partial charge in [0, 0.05) is 34.0 Å². The molecule has 0 N–H and O–H groups in total. The molecule has 2 heterocycles. The molecular weight excluding hydrogens is 350 g/mol. The number of hydrogen-bond donors (Lipinski definition) is 0. The van der Waals surface area contributed by atoms with Crippen molar-refractivity contribution in [1.29, 1.82) is 0 Å². The molecule has 1 fully saturated rings. The van der Waals surface area contributed by atoms with Crippen LogP contribution in [0.2, 0.25) is 0 Å². The van der Waals surface area contributed by atoms with E-state index in [1.54, 1.807) is 6.07 Å². The number of aryl methyl sites for hydroxylation is 2. The van der Waals surface area contributed by atoms with Crippen molar-refractivity contribution >= 4 is 11.6 Å². The highest BCUT2D eigenvalue weighted by atomic mass is 16.3. The van der Waals surface area contributed by atoms with Crippen molar-refractivity contribution < 1.29 is 9.55 Å². The molecule has 0 aliphatic carbocycles. The van der Waals surface area contributed by atoms with Gasteiger partial charge in [-0.25, -0.2) is 4.98 Å². The summed E-state index contributed by atoms with van der Waals surface area (Å²) in [5, 5.41) is 0. The molecule has 0 spiro atoms. The summed E-state index contributed by atoms with van der Waals surface area (Å²) in [6, 6.07) is 11.2. The molecule has 5 nitrogen and oxygen atoms in total. The third-order valence-electron chi connectivity index (χ3n) is 4.84. The first kappa shape index (κ1) is 19.5. The van der Waals surface area contributed by atoms with Gasteiger partial charge in [-0.05, 0) is 56.9 Å². The summed E-state index contributed by atoms with van der Waals surface area (Å²) in [6.07, 6.45) is 3.52. The van der Waals surface area contributed by atoms with Gasteiger partial charge in [0.15, 0.2) is 7.05 Å². The van der Waals surface area contributed by atoms with Gasteiger partial charge in [-0.1, -0.05) is 29.7 Å². The second kappa shape index (κ2) is 8.62. The minimum absolute atomic E-state index is 0.0875. The van der Waals surface area contributed by atoms with Crippen molar-refractivity contribution in [2.24, 2.45) is 0 Å². The fraction of sp³-hybridized carbons (Fsp3) is 0.304. The largest absolute Gasteiger partial charge is 0.338 e. The van der Waals surface area contributed by atoms with Crippen molar-refractivity contribution in [2.45, 2.75) is 26.7 Å². The first-order chi connectivity index (χ1) is 13.5. The van der Waals surface area contributed by atoms with Crippen LogP contribution >= 0.6 is 0 Å². The quantitative estimate of drug-likeness (QED) is 0.591. The van der Waals surface area contributed by atoms with Crippen LogP contribution in [0.25, 0.3) is 0 Å². The number of benzene rings is 1. The van der Waals surface area contributed by atoms with Gasteiger partial charge in [-0.2, -0.15) is 0 Å². The van der Waals surface area contributed by atoms with Crippen LogP contribution in [0.3, 0.4) is 0 Å². The zero-order chi connectivity index (χ0) is 20.1. The Morgan fingerprint density at radius 2 is 1.86 bits per heavy atom. The van der Waals surface area contributed by atoms with Crippen LogP contribution in [0.5, 0.6) is 0 Å². The fourth-order valence-electron chi connectivity index (χ4n) is 3.39. The number of hydrogen-bond acceptors (Lipinski definition) is 3. The van der Waals surface area contributed by atoms with E-state index in [9.17, 15) is 9.70 Å². The first-order valence-electron chi connectivity index (χ1n) is 9.38. The van der Waals surface area contributed by atoms with E-state index in [4.69, 9.17) is 0 Å². The molecule has 0 bridgehead atoms. The molecule has 1 amide bonds. The van der Waals surface area contributed by atoms with E-state index in [0.717, 1.165) is 34.6 Å². The van der Waals surface area contributed by atoms with Gasteiger partial charge in [0.2, 0.25) is 0 Å². The highest BCUT2D eigenvalue weighted by Gasteiger charge is 2.28. The Hall–Kier alpha value is -3.26. The fourth-order valence-corrected chi connectivity index (χ4v) is 3.39. The highest BCUT2D eigenvalue weighted by Crippen LogP contribution is 2.26. The summed E-state index contributed by atoms with van der Waals surface area (Å²) in [5.74, 6) is 6.05. The average Bonchev–Trinajstić information content (AvgIpc) is 2.67. The van der Waals surface area contributed by atoms with Crippen molar-refractivity contribution in [2.75, 3.05) is 20.1 Å². The molecule has 28 heavy (non-hydrogen) atoms. The third-order valence-corrected chi connectivity index (χ3v) is 4.84. The SMILES string of the molecule is Cc1cccc(C#CC=C2CCN(C(=O)c3cccc(C)c3[N+](C)=O)CC2)n1. The van der Waals surface area contributed by atoms with E-state index < -0.39 is 0 Å². The monoisotopic (exact) mass is 374 g/mol. The predicted molar refractivity (Wildman–Crippen MR) is 109 cm³/mol. The van der Waals surface area contributed by atoms with Crippen molar-refractivity contribution in [3.8, 4) is 11.8 Å². The molecule has 5 heteroatoms. The predicted octanol–water partition coefficient (Wildman–Crippen LogP) is 3.95. The molecule has 1 saturated heterocycles. The number of amides is 1. The standard InChI is InChI=1S/C23H24N3O2/c1-17-7-4-12-21(22(17)25(3)28)23(27)26-15-13-19(14-16-26)9-6-11-20-10-5-8-18(2)24-20/h4-5,7-10,12H,13-16H2,1-3H3/q+1. The van der Waals surface area contributed by atoms with Crippen molar-refractivity contribution in [3.63, 3.8) is 0 Å². The zero-order valence-electron chi connectivity index (χ0n) is 16.5. The smallest absolute Gasteiger partial charge is 0.271 e. The van der Waals surface area contributed by atoms with Gasteiger partial charge in [-0.3, -0.25) is 4.79 Å². The molecule has 0 unspecified atom stereocenters. The van der Waals surface area contributed by atoms with Crippen LogP contribution in [0, 0.1) is 30.6 Å². The Balaban J connectivity index is 1.67. The highest BCUT2D eigenvalue weighted by molar-refractivity contribution is 5.98. The van der Waals surface area contributed by atoms with E-state index in [1.807, 2.05) is 55.2 Å². The van der Waals surface area contributed by atoms with Crippen LogP contribution in [0.1, 0.15) is 40.2 Å². The number of allylic oxidation sites excluding steroid dienone is 1. The summed E-state index contributed by atoms with van der Waals surface area (Å²) in [5.41, 5.74) is 4.67. The van der Waals surface area contributed by atoms with Crippen LogP contribution < -0.4 is 0 Å². The number of aromatic nitrogens is 1. The number of nitrogens with zero attached hydrogens (tertiary/aromatic N) is 3. The van der Waals surface area contributed by atoms with Gasteiger partial charge in [0.25, 0.3) is 11.6 Å². The van der Waals surface area contributed by atoms with Gasteiger partial charge >= 0.3 is 0 Å². The Morgan fingerprint density at radius 1 is 1.14 bits per heavy atom.